The average Bonchev–Trinajstić information content (AvgIpc) is 3.26. The highest BCUT2D eigenvalue weighted by Crippen LogP contribution is 2.28. The fourth-order valence-corrected chi connectivity index (χ4v) is 3.59. The summed E-state index contributed by atoms with van der Waals surface area (Å²) in [4.78, 5) is 19.9. The maximum atomic E-state index is 13.7. The van der Waals surface area contributed by atoms with Gasteiger partial charge >= 0.3 is 0 Å². The number of ether oxygens (including phenoxy) is 2. The fourth-order valence-electron chi connectivity index (χ4n) is 3.59. The molecule has 0 aliphatic carbocycles. The molecule has 4 rings (SSSR count). The number of benzene rings is 2. The highest BCUT2D eigenvalue weighted by molar-refractivity contribution is 6.04. The van der Waals surface area contributed by atoms with Crippen LogP contribution in [-0.4, -0.2) is 30.1 Å². The van der Waals surface area contributed by atoms with Gasteiger partial charge in [-0.2, -0.15) is 5.26 Å². The monoisotopic (exact) mass is 474 g/mol. The van der Waals surface area contributed by atoms with Crippen molar-refractivity contribution in [3.8, 4) is 28.7 Å². The number of aromatic nitrogens is 2. The lowest BCUT2D eigenvalue weighted by Gasteiger charge is -2.10. The van der Waals surface area contributed by atoms with Gasteiger partial charge in [-0.3, -0.25) is 4.79 Å². The lowest BCUT2D eigenvalue weighted by molar-refractivity contribution is -0.117. The maximum Gasteiger partial charge on any atom is 0.262 e. The molecule has 9 heteroatoms. The number of hydrogen-bond acceptors (Lipinski definition) is 5. The van der Waals surface area contributed by atoms with Crippen molar-refractivity contribution < 1.29 is 23.0 Å². The van der Waals surface area contributed by atoms with Crippen LogP contribution in [0.15, 0.2) is 60.4 Å². The summed E-state index contributed by atoms with van der Waals surface area (Å²) in [5.74, 6) is -0.878. The molecule has 7 nitrogen and oxygen atoms in total. The van der Waals surface area contributed by atoms with Crippen LogP contribution in [0.3, 0.4) is 0 Å². The summed E-state index contributed by atoms with van der Waals surface area (Å²) in [6, 6.07) is 12.0. The molecule has 4 aromatic rings. The predicted molar refractivity (Wildman–Crippen MR) is 126 cm³/mol. The van der Waals surface area contributed by atoms with Crippen molar-refractivity contribution in [1.82, 2.24) is 15.3 Å². The lowest BCUT2D eigenvalue weighted by atomic mass is 10.0. The summed E-state index contributed by atoms with van der Waals surface area (Å²) in [5.41, 5.74) is 2.48. The molecule has 0 saturated carbocycles. The first-order valence-corrected chi connectivity index (χ1v) is 10.5. The van der Waals surface area contributed by atoms with Crippen LogP contribution in [0, 0.1) is 23.0 Å². The molecule has 0 fully saturated rings. The Labute approximate surface area is 199 Å². The number of H-pyrrole nitrogens is 1. The molecule has 0 aliphatic rings. The zero-order valence-corrected chi connectivity index (χ0v) is 18.9. The average molecular weight is 474 g/mol. The van der Waals surface area contributed by atoms with Gasteiger partial charge in [0.1, 0.15) is 28.9 Å². The van der Waals surface area contributed by atoms with Gasteiger partial charge in [0.15, 0.2) is 11.5 Å². The van der Waals surface area contributed by atoms with Crippen molar-refractivity contribution in [1.29, 1.82) is 5.26 Å². The van der Waals surface area contributed by atoms with Crippen LogP contribution >= 0.6 is 0 Å². The Balaban J connectivity index is 1.58. The number of aromatic amines is 1. The Morgan fingerprint density at radius 1 is 1.09 bits per heavy atom. The minimum Gasteiger partial charge on any atom is -0.493 e. The van der Waals surface area contributed by atoms with E-state index >= 15 is 0 Å². The van der Waals surface area contributed by atoms with E-state index in [0.717, 1.165) is 11.6 Å². The van der Waals surface area contributed by atoms with Gasteiger partial charge < -0.3 is 19.8 Å². The zero-order valence-electron chi connectivity index (χ0n) is 18.9. The minimum atomic E-state index is -0.702. The second-order valence-electron chi connectivity index (χ2n) is 7.56. The maximum absolute atomic E-state index is 13.7. The van der Waals surface area contributed by atoms with E-state index in [0.29, 0.717) is 39.2 Å². The van der Waals surface area contributed by atoms with Gasteiger partial charge in [0, 0.05) is 41.5 Å². The van der Waals surface area contributed by atoms with Crippen molar-refractivity contribution in [3.63, 3.8) is 0 Å². The Kier molecular flexibility index (Phi) is 6.73. The second-order valence-corrected chi connectivity index (χ2v) is 7.56. The van der Waals surface area contributed by atoms with Crippen LogP contribution in [0.4, 0.5) is 8.78 Å². The van der Waals surface area contributed by atoms with Crippen molar-refractivity contribution in [2.45, 2.75) is 6.54 Å². The van der Waals surface area contributed by atoms with Crippen molar-refractivity contribution >= 4 is 23.0 Å². The van der Waals surface area contributed by atoms with Crippen LogP contribution in [-0.2, 0) is 11.3 Å². The van der Waals surface area contributed by atoms with Gasteiger partial charge in [-0.05, 0) is 47.5 Å². The van der Waals surface area contributed by atoms with Gasteiger partial charge in [-0.15, -0.1) is 0 Å². The highest BCUT2D eigenvalue weighted by atomic mass is 19.1. The Morgan fingerprint density at radius 3 is 2.51 bits per heavy atom. The molecular formula is C26H20F2N4O3. The van der Waals surface area contributed by atoms with Crippen LogP contribution in [0.25, 0.3) is 28.2 Å². The van der Waals surface area contributed by atoms with Crippen molar-refractivity contribution in [2.75, 3.05) is 14.2 Å². The molecule has 0 atom stereocenters. The number of fused-ring (bicyclic) bond motifs is 1. The van der Waals surface area contributed by atoms with Crippen LogP contribution in [0.2, 0.25) is 0 Å². The second kappa shape index (κ2) is 10.1. The first-order chi connectivity index (χ1) is 16.9. The molecule has 0 saturated heterocycles. The molecule has 2 aromatic carbocycles. The highest BCUT2D eigenvalue weighted by Gasteiger charge is 2.13. The molecule has 2 aromatic heterocycles. The lowest BCUT2D eigenvalue weighted by Crippen LogP contribution is -2.24. The molecule has 2 heterocycles. The van der Waals surface area contributed by atoms with E-state index in [1.807, 2.05) is 6.07 Å². The zero-order chi connectivity index (χ0) is 24.9. The summed E-state index contributed by atoms with van der Waals surface area (Å²) in [5, 5.41) is 12.9. The van der Waals surface area contributed by atoms with E-state index in [4.69, 9.17) is 9.47 Å². The van der Waals surface area contributed by atoms with Gasteiger partial charge in [0.2, 0.25) is 0 Å². The number of carbonyl (C=O) groups is 1. The number of amides is 1. The molecule has 1 amide bonds. The number of methoxy groups -OCH3 is 2. The first-order valence-electron chi connectivity index (χ1n) is 10.5. The quantitative estimate of drug-likeness (QED) is 0.298. The van der Waals surface area contributed by atoms with Gasteiger partial charge in [0.25, 0.3) is 5.91 Å². The summed E-state index contributed by atoms with van der Waals surface area (Å²) < 4.78 is 37.8. The Morgan fingerprint density at radius 2 is 1.83 bits per heavy atom. The van der Waals surface area contributed by atoms with Crippen molar-refractivity contribution in [2.24, 2.45) is 0 Å². The number of nitrogens with zero attached hydrogens (tertiary/aromatic N) is 2. The first kappa shape index (κ1) is 23.4. The minimum absolute atomic E-state index is 0.117. The largest absolute Gasteiger partial charge is 0.493 e. The smallest absolute Gasteiger partial charge is 0.262 e. The Bertz CT molecular complexity index is 1470. The summed E-state index contributed by atoms with van der Waals surface area (Å²) in [6.45, 7) is 0.170. The molecule has 35 heavy (non-hydrogen) atoms. The van der Waals surface area contributed by atoms with Crippen LogP contribution < -0.4 is 14.8 Å². The number of rotatable bonds is 7. The van der Waals surface area contributed by atoms with E-state index in [2.05, 4.69) is 15.3 Å². The summed E-state index contributed by atoms with van der Waals surface area (Å²) in [7, 11) is 3.05. The molecule has 176 valence electrons. The van der Waals surface area contributed by atoms with E-state index in [-0.39, 0.29) is 12.1 Å². The topological polar surface area (TPSA) is 100 Å². The molecule has 2 N–H and O–H groups in total. The normalized spacial score (nSPS) is 11.2. The predicted octanol–water partition coefficient (Wildman–Crippen LogP) is 4.75. The number of pyridine rings is 1. The third-order valence-corrected chi connectivity index (χ3v) is 5.32. The third-order valence-electron chi connectivity index (χ3n) is 5.32. The molecule has 0 radical (unpaired) electrons. The van der Waals surface area contributed by atoms with Gasteiger partial charge in [-0.1, -0.05) is 6.07 Å². The molecule has 0 aliphatic heterocycles. The van der Waals surface area contributed by atoms with E-state index < -0.39 is 17.5 Å². The van der Waals surface area contributed by atoms with Crippen LogP contribution in [0.1, 0.15) is 11.1 Å². The van der Waals surface area contributed by atoms with Crippen molar-refractivity contribution in [3.05, 3.63) is 83.2 Å². The number of carbonyl (C=O) groups excluding carboxylic acids is 1. The van der Waals surface area contributed by atoms with Gasteiger partial charge in [-0.25, -0.2) is 13.8 Å². The number of nitrogens with one attached hydrogen (secondary N) is 2. The van der Waals surface area contributed by atoms with E-state index in [9.17, 15) is 18.8 Å². The summed E-state index contributed by atoms with van der Waals surface area (Å²) in [6.07, 6.45) is 4.52. The fraction of sp³-hybridized carbons (Fsp3) is 0.115. The SMILES string of the molecule is COc1ccc(CNC(=O)/C(C#N)=C/c2c[nH]c3ncc(-c4cc(F)cc(F)c4)cc23)cc1OC. The Hall–Kier alpha value is -4.71. The molecule has 0 spiro atoms. The number of halogens is 2. The molecule has 0 unspecified atom stereocenters. The number of nitriles is 1. The summed E-state index contributed by atoms with van der Waals surface area (Å²) >= 11 is 0. The number of hydrogen-bond donors (Lipinski definition) is 2. The third kappa shape index (κ3) is 5.12. The molecule has 0 bridgehead atoms. The van der Waals surface area contributed by atoms with Crippen LogP contribution in [0.5, 0.6) is 11.5 Å². The standard InChI is InChI=1S/C26H20F2N4O3/c1-34-23-4-3-15(5-24(23)35-2)12-32-26(33)17(11-29)6-19-14-31-25-22(19)9-18(13-30-25)16-7-20(27)10-21(28)8-16/h3-10,13-14H,12H2,1-2H3,(H,30,31)(H,32,33)/b17-6+. The van der Waals surface area contributed by atoms with E-state index in [1.165, 1.54) is 38.6 Å². The van der Waals surface area contributed by atoms with E-state index in [1.54, 1.807) is 30.5 Å². The molecular weight excluding hydrogens is 454 g/mol. The van der Waals surface area contributed by atoms with Gasteiger partial charge in [0.05, 0.1) is 14.2 Å².